The van der Waals surface area contributed by atoms with Crippen LogP contribution in [0, 0.1) is 0 Å². The molecule has 0 saturated heterocycles. The molecule has 1 atom stereocenters. The maximum atomic E-state index is 11.8. The van der Waals surface area contributed by atoms with Gasteiger partial charge in [0.1, 0.15) is 0 Å². The Balaban J connectivity index is 4.85. The fourth-order valence-corrected chi connectivity index (χ4v) is 2.90. The van der Waals surface area contributed by atoms with E-state index in [1.807, 2.05) is 0 Å². The second-order valence-corrected chi connectivity index (χ2v) is 6.76. The molecule has 0 aromatic heterocycles. The van der Waals surface area contributed by atoms with Crippen LogP contribution in [-0.2, 0) is 13.6 Å². The van der Waals surface area contributed by atoms with E-state index in [0.29, 0.717) is 0 Å². The van der Waals surface area contributed by atoms with Crippen LogP contribution in [0.2, 0.25) is 0 Å². The quantitative estimate of drug-likeness (QED) is 0.692. The van der Waals surface area contributed by atoms with Gasteiger partial charge in [-0.2, -0.15) is 0 Å². The summed E-state index contributed by atoms with van der Waals surface area (Å²) in [5.74, 6) is 0. The predicted molar refractivity (Wildman–Crippen MR) is 53.2 cm³/mol. The highest BCUT2D eigenvalue weighted by atomic mass is 31.2. The molecule has 0 amide bonds. The standard InChI is InChI=1S/C8H19O5P/c1-7(2,9)6-8(3,10)14(11,12-4)13-5/h9-10H,6H2,1-5H3. The van der Waals surface area contributed by atoms with Gasteiger partial charge in [0, 0.05) is 20.6 Å². The van der Waals surface area contributed by atoms with E-state index in [0.717, 1.165) is 0 Å². The lowest BCUT2D eigenvalue weighted by Gasteiger charge is -2.33. The van der Waals surface area contributed by atoms with E-state index in [1.165, 1.54) is 35.0 Å². The van der Waals surface area contributed by atoms with E-state index in [-0.39, 0.29) is 6.42 Å². The van der Waals surface area contributed by atoms with Gasteiger partial charge in [0.25, 0.3) is 0 Å². The fraction of sp³-hybridized carbons (Fsp3) is 1.00. The average Bonchev–Trinajstić information content (AvgIpc) is 1.98. The van der Waals surface area contributed by atoms with Crippen molar-refractivity contribution in [2.24, 2.45) is 0 Å². The average molecular weight is 226 g/mol. The molecule has 0 aromatic rings. The molecule has 6 heteroatoms. The van der Waals surface area contributed by atoms with Gasteiger partial charge >= 0.3 is 7.60 Å². The topological polar surface area (TPSA) is 76.0 Å². The van der Waals surface area contributed by atoms with E-state index >= 15 is 0 Å². The van der Waals surface area contributed by atoms with Crippen LogP contribution in [0.15, 0.2) is 0 Å². The SMILES string of the molecule is COP(=O)(OC)C(C)(O)CC(C)(C)O. The van der Waals surface area contributed by atoms with Crippen LogP contribution in [0.25, 0.3) is 0 Å². The molecule has 0 fully saturated rings. The Labute approximate surface area is 84.6 Å². The lowest BCUT2D eigenvalue weighted by atomic mass is 10.0. The van der Waals surface area contributed by atoms with E-state index in [4.69, 9.17) is 0 Å². The normalized spacial score (nSPS) is 17.9. The monoisotopic (exact) mass is 226 g/mol. The molecule has 14 heavy (non-hydrogen) atoms. The lowest BCUT2D eigenvalue weighted by Crippen LogP contribution is -2.36. The summed E-state index contributed by atoms with van der Waals surface area (Å²) in [5, 5.41) is 17.7. The third-order valence-corrected chi connectivity index (χ3v) is 4.14. The first-order valence-corrected chi connectivity index (χ1v) is 5.78. The second-order valence-electron chi connectivity index (χ2n) is 4.07. The van der Waals surface area contributed by atoms with Crippen LogP contribution in [0.4, 0.5) is 0 Å². The minimum absolute atomic E-state index is 0.0983. The van der Waals surface area contributed by atoms with Crippen LogP contribution in [0.5, 0.6) is 0 Å². The highest BCUT2D eigenvalue weighted by Crippen LogP contribution is 2.59. The van der Waals surface area contributed by atoms with Gasteiger partial charge in [-0.05, 0) is 20.8 Å². The first-order valence-electron chi connectivity index (χ1n) is 4.24. The Hall–Kier alpha value is 0.0700. The molecule has 86 valence electrons. The molecule has 0 bridgehead atoms. The third-order valence-electron chi connectivity index (χ3n) is 1.84. The smallest absolute Gasteiger partial charge is 0.361 e. The van der Waals surface area contributed by atoms with Gasteiger partial charge in [-0.3, -0.25) is 4.57 Å². The molecule has 0 aliphatic carbocycles. The van der Waals surface area contributed by atoms with Gasteiger partial charge in [0.05, 0.1) is 5.60 Å². The van der Waals surface area contributed by atoms with E-state index in [2.05, 4.69) is 9.05 Å². The number of hydrogen-bond acceptors (Lipinski definition) is 5. The van der Waals surface area contributed by atoms with Crippen molar-refractivity contribution in [3.8, 4) is 0 Å². The summed E-state index contributed by atoms with van der Waals surface area (Å²) in [6.07, 6.45) is -0.0983. The molecular formula is C8H19O5P. The zero-order valence-corrected chi connectivity index (χ0v) is 10.2. The van der Waals surface area contributed by atoms with Crippen LogP contribution < -0.4 is 0 Å². The third kappa shape index (κ3) is 3.33. The number of aliphatic hydroxyl groups is 2. The van der Waals surface area contributed by atoms with Gasteiger partial charge in [0.2, 0.25) is 0 Å². The van der Waals surface area contributed by atoms with Gasteiger partial charge < -0.3 is 19.3 Å². The Kier molecular flexibility index (Phi) is 4.31. The van der Waals surface area contributed by atoms with Crippen molar-refractivity contribution >= 4 is 7.60 Å². The molecule has 0 heterocycles. The summed E-state index contributed by atoms with van der Waals surface area (Å²) < 4.78 is 21.2. The van der Waals surface area contributed by atoms with Gasteiger partial charge in [-0.25, -0.2) is 0 Å². The van der Waals surface area contributed by atoms with Gasteiger partial charge in [-0.15, -0.1) is 0 Å². The van der Waals surface area contributed by atoms with Crippen LogP contribution in [0.1, 0.15) is 27.2 Å². The summed E-state index contributed by atoms with van der Waals surface area (Å²) in [4.78, 5) is 0. The zero-order valence-electron chi connectivity index (χ0n) is 9.27. The zero-order chi connectivity index (χ0) is 11.6. The fourth-order valence-electron chi connectivity index (χ4n) is 1.38. The van der Waals surface area contributed by atoms with E-state index in [1.54, 1.807) is 0 Å². The van der Waals surface area contributed by atoms with E-state index in [9.17, 15) is 14.8 Å². The van der Waals surface area contributed by atoms with Gasteiger partial charge in [0.15, 0.2) is 5.34 Å². The summed E-state index contributed by atoms with van der Waals surface area (Å²) in [6.45, 7) is 4.34. The van der Waals surface area contributed by atoms with Crippen molar-refractivity contribution in [1.29, 1.82) is 0 Å². The minimum atomic E-state index is -3.58. The maximum absolute atomic E-state index is 11.8. The molecule has 0 aromatic carbocycles. The molecular weight excluding hydrogens is 207 g/mol. The van der Waals surface area contributed by atoms with E-state index < -0.39 is 18.5 Å². The van der Waals surface area contributed by atoms with Crippen molar-refractivity contribution in [3.63, 3.8) is 0 Å². The molecule has 0 rings (SSSR count). The maximum Gasteiger partial charge on any atom is 0.361 e. The summed E-state index contributed by atoms with van der Waals surface area (Å²) in [5.41, 5.74) is -1.14. The Morgan fingerprint density at radius 2 is 1.50 bits per heavy atom. The summed E-state index contributed by atoms with van der Waals surface area (Å²) in [6, 6.07) is 0. The summed E-state index contributed by atoms with van der Waals surface area (Å²) in [7, 11) is -1.19. The molecule has 5 nitrogen and oxygen atoms in total. The van der Waals surface area contributed by atoms with Crippen molar-refractivity contribution < 1.29 is 23.8 Å². The van der Waals surface area contributed by atoms with Crippen molar-refractivity contribution in [3.05, 3.63) is 0 Å². The Morgan fingerprint density at radius 3 is 1.71 bits per heavy atom. The van der Waals surface area contributed by atoms with Crippen molar-refractivity contribution in [1.82, 2.24) is 0 Å². The second kappa shape index (κ2) is 4.29. The highest BCUT2D eigenvalue weighted by Gasteiger charge is 2.47. The van der Waals surface area contributed by atoms with Crippen molar-refractivity contribution in [2.45, 2.75) is 38.1 Å². The Bertz CT molecular complexity index is 222. The number of rotatable bonds is 5. The summed E-state index contributed by atoms with van der Waals surface area (Å²) >= 11 is 0. The minimum Gasteiger partial charge on any atom is -0.390 e. The van der Waals surface area contributed by atoms with Crippen molar-refractivity contribution in [2.75, 3.05) is 14.2 Å². The molecule has 0 radical (unpaired) electrons. The first kappa shape index (κ1) is 14.1. The largest absolute Gasteiger partial charge is 0.390 e. The van der Waals surface area contributed by atoms with Crippen LogP contribution >= 0.6 is 7.60 Å². The number of hydrogen-bond donors (Lipinski definition) is 2. The molecule has 0 aliphatic rings. The van der Waals surface area contributed by atoms with Crippen LogP contribution in [0.3, 0.4) is 0 Å². The first-order chi connectivity index (χ1) is 6.08. The molecule has 0 aliphatic heterocycles. The molecule has 1 unspecified atom stereocenters. The lowest BCUT2D eigenvalue weighted by molar-refractivity contribution is -0.00813. The molecule has 0 saturated carbocycles. The van der Waals surface area contributed by atoms with Crippen LogP contribution in [-0.4, -0.2) is 35.4 Å². The predicted octanol–water partition coefficient (Wildman–Crippen LogP) is 1.34. The van der Waals surface area contributed by atoms with Gasteiger partial charge in [-0.1, -0.05) is 0 Å². The highest BCUT2D eigenvalue weighted by molar-refractivity contribution is 7.55. The Morgan fingerprint density at radius 1 is 1.14 bits per heavy atom. The molecule has 2 N–H and O–H groups in total. The molecule has 0 spiro atoms.